The van der Waals surface area contributed by atoms with Crippen molar-refractivity contribution in [1.29, 1.82) is 0 Å². The van der Waals surface area contributed by atoms with E-state index in [1.807, 2.05) is 18.2 Å². The fourth-order valence-electron chi connectivity index (χ4n) is 2.27. The predicted octanol–water partition coefficient (Wildman–Crippen LogP) is 1.89. The van der Waals surface area contributed by atoms with Crippen LogP contribution in [0.1, 0.15) is 18.0 Å². The fraction of sp³-hybridized carbons (Fsp3) is 0.500. The number of hydrogen-bond acceptors (Lipinski definition) is 4. The van der Waals surface area contributed by atoms with Gasteiger partial charge >= 0.3 is 0 Å². The summed E-state index contributed by atoms with van der Waals surface area (Å²) >= 11 is 3.45. The standard InChI is InChI=1S/C12H16BrNO3S/c1-17-9-2-3-10(11(13)6-9)12(14)8-4-5-18(15,16)7-8/h2-3,6,8,12H,4-5,7,14H2,1H3. The van der Waals surface area contributed by atoms with Gasteiger partial charge in [0.05, 0.1) is 18.6 Å². The van der Waals surface area contributed by atoms with Gasteiger partial charge in [-0.1, -0.05) is 22.0 Å². The first-order valence-corrected chi connectivity index (χ1v) is 8.34. The van der Waals surface area contributed by atoms with Crippen LogP contribution < -0.4 is 10.5 Å². The minimum atomic E-state index is -2.89. The minimum Gasteiger partial charge on any atom is -0.497 e. The minimum absolute atomic E-state index is 0.000283. The maximum Gasteiger partial charge on any atom is 0.150 e. The van der Waals surface area contributed by atoms with Crippen molar-refractivity contribution in [3.63, 3.8) is 0 Å². The van der Waals surface area contributed by atoms with Crippen molar-refractivity contribution in [2.75, 3.05) is 18.6 Å². The molecule has 1 aliphatic heterocycles. The number of halogens is 1. The van der Waals surface area contributed by atoms with Crippen molar-refractivity contribution in [2.45, 2.75) is 12.5 Å². The summed E-state index contributed by atoms with van der Waals surface area (Å²) in [4.78, 5) is 0. The summed E-state index contributed by atoms with van der Waals surface area (Å²) < 4.78 is 28.9. The average molecular weight is 334 g/mol. The molecule has 0 radical (unpaired) electrons. The highest BCUT2D eigenvalue weighted by molar-refractivity contribution is 9.10. The number of sulfone groups is 1. The van der Waals surface area contributed by atoms with Crippen LogP contribution in [0, 0.1) is 5.92 Å². The van der Waals surface area contributed by atoms with Gasteiger partial charge in [-0.05, 0) is 30.0 Å². The van der Waals surface area contributed by atoms with Gasteiger partial charge in [0.15, 0.2) is 9.84 Å². The fourth-order valence-corrected chi connectivity index (χ4v) is 4.74. The molecule has 0 saturated carbocycles. The molecule has 1 saturated heterocycles. The Balaban J connectivity index is 2.21. The highest BCUT2D eigenvalue weighted by atomic mass is 79.9. The third kappa shape index (κ3) is 2.87. The largest absolute Gasteiger partial charge is 0.497 e. The first-order chi connectivity index (χ1) is 8.43. The highest BCUT2D eigenvalue weighted by Crippen LogP contribution is 2.34. The van der Waals surface area contributed by atoms with Crippen LogP contribution in [-0.4, -0.2) is 27.0 Å². The van der Waals surface area contributed by atoms with E-state index in [9.17, 15) is 8.42 Å². The third-order valence-corrected chi connectivity index (χ3v) is 5.82. The Hall–Kier alpha value is -0.590. The number of rotatable bonds is 3. The van der Waals surface area contributed by atoms with E-state index in [0.29, 0.717) is 6.42 Å². The quantitative estimate of drug-likeness (QED) is 0.917. The van der Waals surface area contributed by atoms with Crippen molar-refractivity contribution in [2.24, 2.45) is 11.7 Å². The molecule has 1 heterocycles. The van der Waals surface area contributed by atoms with E-state index in [2.05, 4.69) is 15.9 Å². The van der Waals surface area contributed by atoms with Gasteiger partial charge < -0.3 is 10.5 Å². The molecule has 4 nitrogen and oxygen atoms in total. The van der Waals surface area contributed by atoms with Crippen LogP contribution in [0.15, 0.2) is 22.7 Å². The first-order valence-electron chi connectivity index (χ1n) is 5.72. The summed E-state index contributed by atoms with van der Waals surface area (Å²) in [5, 5.41) is 0. The summed E-state index contributed by atoms with van der Waals surface area (Å²) in [6.07, 6.45) is 0.641. The summed E-state index contributed by atoms with van der Waals surface area (Å²) in [6.45, 7) is 0. The first kappa shape index (κ1) is 13.8. The molecular weight excluding hydrogens is 318 g/mol. The number of ether oxygens (including phenoxy) is 1. The monoisotopic (exact) mass is 333 g/mol. The van der Waals surface area contributed by atoms with E-state index in [0.717, 1.165) is 15.8 Å². The maximum atomic E-state index is 11.5. The SMILES string of the molecule is COc1ccc(C(N)C2CCS(=O)(=O)C2)c(Br)c1. The molecule has 0 aliphatic carbocycles. The van der Waals surface area contributed by atoms with E-state index in [1.165, 1.54) is 0 Å². The predicted molar refractivity (Wildman–Crippen MR) is 74.4 cm³/mol. The molecule has 18 heavy (non-hydrogen) atoms. The van der Waals surface area contributed by atoms with Crippen LogP contribution in [0.5, 0.6) is 5.75 Å². The molecule has 6 heteroatoms. The van der Waals surface area contributed by atoms with Gasteiger partial charge in [-0.2, -0.15) is 0 Å². The maximum absolute atomic E-state index is 11.5. The zero-order chi connectivity index (χ0) is 13.3. The molecule has 1 aromatic rings. The summed E-state index contributed by atoms with van der Waals surface area (Å²) in [6, 6.07) is 5.31. The molecule has 2 atom stereocenters. The molecule has 2 rings (SSSR count). The molecular formula is C12H16BrNO3S. The molecule has 2 N–H and O–H groups in total. The lowest BCUT2D eigenvalue weighted by atomic mass is 9.93. The van der Waals surface area contributed by atoms with Crippen LogP contribution in [0.2, 0.25) is 0 Å². The van der Waals surface area contributed by atoms with Gasteiger partial charge in [0, 0.05) is 10.5 Å². The van der Waals surface area contributed by atoms with Gasteiger partial charge in [-0.15, -0.1) is 0 Å². The molecule has 0 spiro atoms. The van der Waals surface area contributed by atoms with Crippen LogP contribution in [0.25, 0.3) is 0 Å². The average Bonchev–Trinajstić information content (AvgIpc) is 2.68. The Kier molecular flexibility index (Phi) is 3.99. The third-order valence-electron chi connectivity index (χ3n) is 3.34. The van der Waals surface area contributed by atoms with E-state index < -0.39 is 9.84 Å². The van der Waals surface area contributed by atoms with Crippen LogP contribution in [0.3, 0.4) is 0 Å². The smallest absolute Gasteiger partial charge is 0.150 e. The molecule has 0 bridgehead atoms. The number of methoxy groups -OCH3 is 1. The number of nitrogens with two attached hydrogens (primary N) is 1. The number of benzene rings is 1. The van der Waals surface area contributed by atoms with E-state index in [-0.39, 0.29) is 23.5 Å². The van der Waals surface area contributed by atoms with Crippen LogP contribution in [0.4, 0.5) is 0 Å². The van der Waals surface area contributed by atoms with E-state index in [4.69, 9.17) is 10.5 Å². The second-order valence-electron chi connectivity index (χ2n) is 4.58. The zero-order valence-corrected chi connectivity index (χ0v) is 12.5. The molecule has 100 valence electrons. The summed E-state index contributed by atoms with van der Waals surface area (Å²) in [7, 11) is -1.29. The Morgan fingerprint density at radius 1 is 1.50 bits per heavy atom. The van der Waals surface area contributed by atoms with Gasteiger partial charge in [0.1, 0.15) is 5.75 Å². The number of hydrogen-bond donors (Lipinski definition) is 1. The van der Waals surface area contributed by atoms with Crippen LogP contribution >= 0.6 is 15.9 Å². The van der Waals surface area contributed by atoms with Crippen molar-refractivity contribution >= 4 is 25.8 Å². The molecule has 0 aromatic heterocycles. The van der Waals surface area contributed by atoms with Gasteiger partial charge in [0.2, 0.25) is 0 Å². The van der Waals surface area contributed by atoms with Crippen molar-refractivity contribution in [1.82, 2.24) is 0 Å². The lowest BCUT2D eigenvalue weighted by Gasteiger charge is -2.20. The molecule has 2 unspecified atom stereocenters. The molecule has 1 fully saturated rings. The second kappa shape index (κ2) is 5.19. The van der Waals surface area contributed by atoms with E-state index in [1.54, 1.807) is 7.11 Å². The van der Waals surface area contributed by atoms with Crippen LogP contribution in [-0.2, 0) is 9.84 Å². The second-order valence-corrected chi connectivity index (χ2v) is 7.66. The van der Waals surface area contributed by atoms with E-state index >= 15 is 0 Å². The Labute approximate surface area is 116 Å². The Morgan fingerprint density at radius 2 is 2.22 bits per heavy atom. The van der Waals surface area contributed by atoms with Crippen molar-refractivity contribution in [3.05, 3.63) is 28.2 Å². The molecule has 1 aromatic carbocycles. The summed E-state index contributed by atoms with van der Waals surface area (Å²) in [5.41, 5.74) is 7.11. The zero-order valence-electron chi connectivity index (χ0n) is 10.1. The van der Waals surface area contributed by atoms with Gasteiger partial charge in [-0.3, -0.25) is 0 Å². The highest BCUT2D eigenvalue weighted by Gasteiger charge is 2.33. The van der Waals surface area contributed by atoms with Gasteiger partial charge in [-0.25, -0.2) is 8.42 Å². The normalized spacial score (nSPS) is 23.8. The Bertz CT molecular complexity index is 544. The molecule has 0 amide bonds. The lowest BCUT2D eigenvalue weighted by molar-refractivity contribution is 0.413. The van der Waals surface area contributed by atoms with Crippen molar-refractivity contribution in [3.8, 4) is 5.75 Å². The van der Waals surface area contributed by atoms with Gasteiger partial charge in [0.25, 0.3) is 0 Å². The lowest BCUT2D eigenvalue weighted by Crippen LogP contribution is -2.22. The summed E-state index contributed by atoms with van der Waals surface area (Å²) in [5.74, 6) is 1.18. The topological polar surface area (TPSA) is 69.4 Å². The molecule has 1 aliphatic rings. The Morgan fingerprint density at radius 3 is 2.72 bits per heavy atom. The van der Waals surface area contributed by atoms with Crippen molar-refractivity contribution < 1.29 is 13.2 Å².